The van der Waals surface area contributed by atoms with Gasteiger partial charge in [0, 0.05) is 30.5 Å². The van der Waals surface area contributed by atoms with Crippen LogP contribution in [0, 0.1) is 5.92 Å². The Balaban J connectivity index is 1.29. The molecule has 0 radical (unpaired) electrons. The number of piperidine rings is 1. The molecule has 1 unspecified atom stereocenters. The number of carbonyl (C=O) groups excluding carboxylic acids is 2. The fourth-order valence-electron chi connectivity index (χ4n) is 4.03. The van der Waals surface area contributed by atoms with Crippen LogP contribution in [0.1, 0.15) is 35.3 Å². The highest BCUT2D eigenvalue weighted by atomic mass is 16.2. The summed E-state index contributed by atoms with van der Waals surface area (Å²) in [6.07, 6.45) is 3.56. The zero-order valence-corrected chi connectivity index (χ0v) is 16.6. The first-order valence-electron chi connectivity index (χ1n) is 10.4. The lowest BCUT2D eigenvalue weighted by atomic mass is 9.96. The summed E-state index contributed by atoms with van der Waals surface area (Å²) < 4.78 is 0. The van der Waals surface area contributed by atoms with Gasteiger partial charge in [0.05, 0.1) is 5.92 Å². The molecule has 1 aromatic heterocycles. The third-order valence-electron chi connectivity index (χ3n) is 5.62. The van der Waals surface area contributed by atoms with Gasteiger partial charge < -0.3 is 15.2 Å². The summed E-state index contributed by atoms with van der Waals surface area (Å²) in [4.78, 5) is 30.5. The second kappa shape index (κ2) is 8.95. The maximum Gasteiger partial charge on any atom is 0.270 e. The summed E-state index contributed by atoms with van der Waals surface area (Å²) in [6, 6.07) is 20.1. The summed E-state index contributed by atoms with van der Waals surface area (Å²) in [6.45, 7) is 1.85. The van der Waals surface area contributed by atoms with Gasteiger partial charge in [0.25, 0.3) is 5.91 Å². The van der Waals surface area contributed by atoms with E-state index in [1.807, 2.05) is 53.4 Å². The number of likely N-dealkylation sites (tertiary alicyclic amines) is 1. The van der Waals surface area contributed by atoms with Crippen LogP contribution in [0.5, 0.6) is 0 Å². The minimum atomic E-state index is -0.131. The molecular formula is C24H27N3O2. The molecule has 2 heterocycles. The van der Waals surface area contributed by atoms with Gasteiger partial charge in [-0.3, -0.25) is 9.59 Å². The molecule has 1 aliphatic heterocycles. The lowest BCUT2D eigenvalue weighted by Gasteiger charge is -2.31. The molecule has 150 valence electrons. The third-order valence-corrected chi connectivity index (χ3v) is 5.62. The van der Waals surface area contributed by atoms with Crippen LogP contribution in [-0.4, -0.2) is 41.3 Å². The number of nitrogens with zero attached hydrogens (tertiary/aromatic N) is 1. The summed E-state index contributed by atoms with van der Waals surface area (Å²) in [5, 5.41) is 4.09. The average molecular weight is 389 g/mol. The van der Waals surface area contributed by atoms with Gasteiger partial charge in [-0.1, -0.05) is 48.5 Å². The van der Waals surface area contributed by atoms with Crippen LogP contribution in [0.3, 0.4) is 0 Å². The Morgan fingerprint density at radius 1 is 1.07 bits per heavy atom. The SMILES string of the molecule is O=C(NCCCc1ccccc1)C1CCCN(C(=O)c2cc3ccccc3[nH]2)C1. The first-order valence-corrected chi connectivity index (χ1v) is 10.4. The Morgan fingerprint density at radius 3 is 2.69 bits per heavy atom. The van der Waals surface area contributed by atoms with E-state index in [1.165, 1.54) is 5.56 Å². The Morgan fingerprint density at radius 2 is 1.86 bits per heavy atom. The molecule has 5 heteroatoms. The van der Waals surface area contributed by atoms with Crippen LogP contribution in [0.15, 0.2) is 60.7 Å². The maximum absolute atomic E-state index is 12.9. The molecule has 2 N–H and O–H groups in total. The number of benzene rings is 2. The number of nitrogens with one attached hydrogen (secondary N) is 2. The highest BCUT2D eigenvalue weighted by Gasteiger charge is 2.29. The van der Waals surface area contributed by atoms with E-state index in [9.17, 15) is 9.59 Å². The highest BCUT2D eigenvalue weighted by Crippen LogP contribution is 2.21. The van der Waals surface area contributed by atoms with E-state index >= 15 is 0 Å². The number of aromatic amines is 1. The summed E-state index contributed by atoms with van der Waals surface area (Å²) >= 11 is 0. The minimum Gasteiger partial charge on any atom is -0.356 e. The van der Waals surface area contributed by atoms with Gasteiger partial charge in [-0.15, -0.1) is 0 Å². The number of amides is 2. The van der Waals surface area contributed by atoms with Gasteiger partial charge in [-0.25, -0.2) is 0 Å². The Bertz CT molecular complexity index is 947. The predicted octanol–water partition coefficient (Wildman–Crippen LogP) is 3.77. The zero-order chi connectivity index (χ0) is 20.1. The molecule has 29 heavy (non-hydrogen) atoms. The molecule has 1 aliphatic rings. The number of rotatable bonds is 6. The smallest absolute Gasteiger partial charge is 0.270 e. The number of aryl methyl sites for hydroxylation is 1. The largest absolute Gasteiger partial charge is 0.356 e. The first-order chi connectivity index (χ1) is 14.2. The van der Waals surface area contributed by atoms with Gasteiger partial charge >= 0.3 is 0 Å². The molecule has 1 fully saturated rings. The van der Waals surface area contributed by atoms with Gasteiger partial charge in [-0.2, -0.15) is 0 Å². The van der Waals surface area contributed by atoms with E-state index in [-0.39, 0.29) is 17.7 Å². The maximum atomic E-state index is 12.9. The summed E-state index contributed by atoms with van der Waals surface area (Å²) in [5.74, 6) is -0.0937. The summed E-state index contributed by atoms with van der Waals surface area (Å²) in [7, 11) is 0. The van der Waals surface area contributed by atoms with Crippen molar-refractivity contribution in [3.05, 3.63) is 71.9 Å². The van der Waals surface area contributed by atoms with Crippen LogP contribution in [0.4, 0.5) is 0 Å². The van der Waals surface area contributed by atoms with Gasteiger partial charge in [0.2, 0.25) is 5.91 Å². The Hall–Kier alpha value is -3.08. The number of H-pyrrole nitrogens is 1. The van der Waals surface area contributed by atoms with E-state index in [2.05, 4.69) is 22.4 Å². The standard InChI is InChI=1S/C24H27N3O2/c28-23(25-14-6-10-18-8-2-1-3-9-18)20-12-7-15-27(17-20)24(29)22-16-19-11-4-5-13-21(19)26-22/h1-5,8-9,11,13,16,20,26H,6-7,10,12,14-15,17H2,(H,25,28). The number of hydrogen-bond acceptors (Lipinski definition) is 2. The minimum absolute atomic E-state index is 0.0252. The molecule has 5 nitrogen and oxygen atoms in total. The van der Waals surface area contributed by atoms with Crippen LogP contribution in [0.25, 0.3) is 10.9 Å². The van der Waals surface area contributed by atoms with E-state index in [0.29, 0.717) is 25.3 Å². The number of hydrogen-bond donors (Lipinski definition) is 2. The molecule has 2 amide bonds. The first kappa shape index (κ1) is 19.2. The third kappa shape index (κ3) is 4.67. The molecule has 3 aromatic rings. The second-order valence-corrected chi connectivity index (χ2v) is 7.74. The molecule has 0 saturated carbocycles. The van der Waals surface area contributed by atoms with Crippen molar-refractivity contribution in [1.82, 2.24) is 15.2 Å². The van der Waals surface area contributed by atoms with Crippen molar-refractivity contribution in [3.63, 3.8) is 0 Å². The van der Waals surface area contributed by atoms with Crippen molar-refractivity contribution in [1.29, 1.82) is 0 Å². The summed E-state index contributed by atoms with van der Waals surface area (Å²) in [5.41, 5.74) is 2.84. The molecule has 2 aromatic carbocycles. The number of para-hydroxylation sites is 1. The second-order valence-electron chi connectivity index (χ2n) is 7.74. The molecule has 1 atom stereocenters. The van der Waals surface area contributed by atoms with Crippen molar-refractivity contribution in [3.8, 4) is 0 Å². The number of fused-ring (bicyclic) bond motifs is 1. The predicted molar refractivity (Wildman–Crippen MR) is 115 cm³/mol. The average Bonchev–Trinajstić information content (AvgIpc) is 3.21. The normalized spacial score (nSPS) is 16.7. The van der Waals surface area contributed by atoms with E-state index < -0.39 is 0 Å². The van der Waals surface area contributed by atoms with Crippen LogP contribution in [0.2, 0.25) is 0 Å². The van der Waals surface area contributed by atoms with Gasteiger partial charge in [0.15, 0.2) is 0 Å². The van der Waals surface area contributed by atoms with Crippen LogP contribution < -0.4 is 5.32 Å². The Kier molecular flexibility index (Phi) is 5.94. The van der Waals surface area contributed by atoms with E-state index in [1.54, 1.807) is 0 Å². The Labute approximate surface area is 171 Å². The fourth-order valence-corrected chi connectivity index (χ4v) is 4.03. The monoisotopic (exact) mass is 389 g/mol. The molecule has 0 aliphatic carbocycles. The lowest BCUT2D eigenvalue weighted by molar-refractivity contribution is -0.126. The molecule has 4 rings (SSSR count). The van der Waals surface area contributed by atoms with Crippen molar-refractivity contribution in [2.45, 2.75) is 25.7 Å². The number of aromatic nitrogens is 1. The number of carbonyl (C=O) groups is 2. The van der Waals surface area contributed by atoms with E-state index in [0.717, 1.165) is 36.6 Å². The lowest BCUT2D eigenvalue weighted by Crippen LogP contribution is -2.45. The molecule has 0 spiro atoms. The van der Waals surface area contributed by atoms with Crippen molar-refractivity contribution >= 4 is 22.7 Å². The van der Waals surface area contributed by atoms with Gasteiger partial charge in [0.1, 0.15) is 5.69 Å². The zero-order valence-electron chi connectivity index (χ0n) is 16.6. The fraction of sp³-hybridized carbons (Fsp3) is 0.333. The van der Waals surface area contributed by atoms with Crippen molar-refractivity contribution in [2.24, 2.45) is 5.92 Å². The molecule has 1 saturated heterocycles. The van der Waals surface area contributed by atoms with Crippen molar-refractivity contribution in [2.75, 3.05) is 19.6 Å². The quantitative estimate of drug-likeness (QED) is 0.630. The van der Waals surface area contributed by atoms with Gasteiger partial charge in [-0.05, 0) is 43.4 Å². The molecular weight excluding hydrogens is 362 g/mol. The van der Waals surface area contributed by atoms with Crippen LogP contribution in [-0.2, 0) is 11.2 Å². The van der Waals surface area contributed by atoms with Crippen LogP contribution >= 0.6 is 0 Å². The highest BCUT2D eigenvalue weighted by molar-refractivity contribution is 5.98. The van der Waals surface area contributed by atoms with Crippen molar-refractivity contribution < 1.29 is 9.59 Å². The topological polar surface area (TPSA) is 65.2 Å². The molecule has 0 bridgehead atoms. The van der Waals surface area contributed by atoms with E-state index in [4.69, 9.17) is 0 Å².